The molecular formula is C23H22O7. The molecule has 7 heteroatoms. The first-order valence-corrected chi connectivity index (χ1v) is 9.33. The van der Waals surface area contributed by atoms with E-state index in [-0.39, 0.29) is 29.9 Å². The number of carboxylic acid groups (broad SMARTS) is 1. The molecule has 0 saturated carbocycles. The smallest absolute Gasteiger partial charge is 0.342 e. The number of cyclic esters (lactones) is 1. The van der Waals surface area contributed by atoms with Crippen molar-refractivity contribution in [2.24, 2.45) is 0 Å². The van der Waals surface area contributed by atoms with Crippen LogP contribution in [0.5, 0.6) is 11.5 Å². The highest BCUT2D eigenvalue weighted by atomic mass is 16.6. The second-order valence-corrected chi connectivity index (χ2v) is 6.94. The number of methoxy groups -OCH3 is 1. The molecule has 1 aliphatic rings. The molecule has 0 atom stereocenters. The lowest BCUT2D eigenvalue weighted by Crippen LogP contribution is -2.11. The van der Waals surface area contributed by atoms with E-state index in [0.717, 1.165) is 5.56 Å². The van der Waals surface area contributed by atoms with Gasteiger partial charge in [-0.2, -0.15) is 0 Å². The van der Waals surface area contributed by atoms with E-state index in [9.17, 15) is 19.5 Å². The van der Waals surface area contributed by atoms with Gasteiger partial charge in [-0.1, -0.05) is 30.4 Å². The minimum atomic E-state index is -1.01. The van der Waals surface area contributed by atoms with Gasteiger partial charge < -0.3 is 19.3 Å². The van der Waals surface area contributed by atoms with Gasteiger partial charge in [-0.15, -0.1) is 0 Å². The summed E-state index contributed by atoms with van der Waals surface area (Å²) in [6, 6.07) is 5.22. The number of ether oxygens (including phenoxy) is 3. The molecule has 0 spiro atoms. The average Bonchev–Trinajstić information content (AvgIpc) is 3.06. The Morgan fingerprint density at radius 3 is 2.60 bits per heavy atom. The van der Waals surface area contributed by atoms with E-state index in [4.69, 9.17) is 14.2 Å². The van der Waals surface area contributed by atoms with Crippen LogP contribution in [0.3, 0.4) is 0 Å². The number of fused-ring (bicyclic) bond motifs is 1. The van der Waals surface area contributed by atoms with Gasteiger partial charge in [-0.3, -0.25) is 4.79 Å². The number of hydrogen-bond donors (Lipinski definition) is 1. The number of carboxylic acids is 1. The van der Waals surface area contributed by atoms with Gasteiger partial charge in [-0.25, -0.2) is 9.59 Å². The van der Waals surface area contributed by atoms with Gasteiger partial charge in [-0.05, 0) is 37.0 Å². The van der Waals surface area contributed by atoms with Crippen molar-refractivity contribution < 1.29 is 33.7 Å². The number of aromatic carboxylic acids is 1. The summed E-state index contributed by atoms with van der Waals surface area (Å²) in [6.45, 7) is 4.89. The minimum absolute atomic E-state index is 0.0893. The fourth-order valence-corrected chi connectivity index (χ4v) is 3.69. The highest BCUT2D eigenvalue weighted by Crippen LogP contribution is 2.42. The van der Waals surface area contributed by atoms with E-state index in [0.29, 0.717) is 28.0 Å². The standard InChI is InChI=1S/C23H22O7/c1-12-7-5-8-15(18(12)22(25)26)9-6-10-16-20(28-4)13(2)17-11-29-23(27)19(17)21(16)30-14(3)24/h5-9H,10-11H2,1-4H3,(H,25,26)/b9-6+. The second kappa shape index (κ2) is 8.41. The van der Waals surface area contributed by atoms with Crippen LogP contribution >= 0.6 is 0 Å². The van der Waals surface area contributed by atoms with Gasteiger partial charge >= 0.3 is 17.9 Å². The molecule has 0 bridgehead atoms. The van der Waals surface area contributed by atoms with Gasteiger partial charge in [0, 0.05) is 18.1 Å². The van der Waals surface area contributed by atoms with Crippen LogP contribution in [0.4, 0.5) is 0 Å². The molecule has 0 aliphatic carbocycles. The number of esters is 2. The van der Waals surface area contributed by atoms with Crippen molar-refractivity contribution in [3.8, 4) is 11.5 Å². The summed E-state index contributed by atoms with van der Waals surface area (Å²) in [6.07, 6.45) is 3.69. The van der Waals surface area contributed by atoms with Crippen LogP contribution in [0.2, 0.25) is 0 Å². The van der Waals surface area contributed by atoms with Crippen LogP contribution in [0, 0.1) is 13.8 Å². The number of rotatable bonds is 6. The molecule has 1 aliphatic heterocycles. The molecule has 30 heavy (non-hydrogen) atoms. The third-order valence-corrected chi connectivity index (χ3v) is 5.01. The van der Waals surface area contributed by atoms with E-state index >= 15 is 0 Å². The number of carbonyl (C=O) groups excluding carboxylic acids is 2. The van der Waals surface area contributed by atoms with Crippen molar-refractivity contribution in [1.29, 1.82) is 0 Å². The Balaban J connectivity index is 2.10. The quantitative estimate of drug-likeness (QED) is 0.570. The normalized spacial score (nSPS) is 12.6. The molecule has 1 N–H and O–H groups in total. The summed E-state index contributed by atoms with van der Waals surface area (Å²) in [7, 11) is 1.50. The van der Waals surface area contributed by atoms with Gasteiger partial charge in [0.1, 0.15) is 17.9 Å². The van der Waals surface area contributed by atoms with Crippen LogP contribution in [-0.2, 0) is 22.6 Å². The van der Waals surface area contributed by atoms with Crippen molar-refractivity contribution in [2.45, 2.75) is 33.8 Å². The largest absolute Gasteiger partial charge is 0.496 e. The summed E-state index contributed by atoms with van der Waals surface area (Å²) in [5.74, 6) is -1.52. The van der Waals surface area contributed by atoms with E-state index in [1.54, 1.807) is 37.3 Å². The molecule has 0 aromatic heterocycles. The summed E-state index contributed by atoms with van der Waals surface area (Å²) >= 11 is 0. The lowest BCUT2D eigenvalue weighted by molar-refractivity contribution is -0.131. The Kier molecular flexibility index (Phi) is 5.91. The Hall–Kier alpha value is -3.61. The van der Waals surface area contributed by atoms with Gasteiger partial charge in [0.2, 0.25) is 0 Å². The highest BCUT2D eigenvalue weighted by molar-refractivity contribution is 5.99. The molecule has 2 aromatic carbocycles. The first-order valence-electron chi connectivity index (χ1n) is 9.33. The molecule has 0 amide bonds. The first kappa shape index (κ1) is 21.1. The predicted octanol–water partition coefficient (Wildman–Crippen LogP) is 3.86. The molecule has 156 valence electrons. The number of hydrogen-bond acceptors (Lipinski definition) is 6. The maximum Gasteiger partial charge on any atom is 0.342 e. The second-order valence-electron chi connectivity index (χ2n) is 6.94. The van der Waals surface area contributed by atoms with E-state index < -0.39 is 17.9 Å². The Bertz CT molecular complexity index is 1080. The maximum atomic E-state index is 12.3. The van der Waals surface area contributed by atoms with E-state index in [1.165, 1.54) is 14.0 Å². The maximum absolute atomic E-state index is 12.3. The van der Waals surface area contributed by atoms with Crippen LogP contribution in [-0.4, -0.2) is 30.1 Å². The number of benzene rings is 2. The summed E-state index contributed by atoms with van der Waals surface area (Å²) in [4.78, 5) is 35.6. The third-order valence-electron chi connectivity index (χ3n) is 5.01. The molecule has 7 nitrogen and oxygen atoms in total. The molecule has 0 saturated heterocycles. The zero-order valence-corrected chi connectivity index (χ0v) is 17.2. The van der Waals surface area contributed by atoms with Crippen molar-refractivity contribution in [2.75, 3.05) is 7.11 Å². The Morgan fingerprint density at radius 1 is 1.23 bits per heavy atom. The number of aryl methyl sites for hydroxylation is 1. The van der Waals surface area contributed by atoms with E-state index in [1.807, 2.05) is 6.92 Å². The zero-order chi connectivity index (χ0) is 22.0. The Morgan fingerprint density at radius 2 is 1.97 bits per heavy atom. The summed E-state index contributed by atoms with van der Waals surface area (Å²) < 4.78 is 16.1. The Labute approximate surface area is 173 Å². The molecule has 0 radical (unpaired) electrons. The zero-order valence-electron chi connectivity index (χ0n) is 17.2. The fraction of sp³-hybridized carbons (Fsp3) is 0.261. The van der Waals surface area contributed by atoms with Crippen molar-refractivity contribution in [3.05, 3.63) is 63.2 Å². The fourth-order valence-electron chi connectivity index (χ4n) is 3.69. The van der Waals surface area contributed by atoms with Gasteiger partial charge in [0.15, 0.2) is 5.75 Å². The molecule has 2 aromatic rings. The topological polar surface area (TPSA) is 99.1 Å². The van der Waals surface area contributed by atoms with Crippen molar-refractivity contribution >= 4 is 24.0 Å². The van der Waals surface area contributed by atoms with Crippen molar-refractivity contribution in [1.82, 2.24) is 0 Å². The van der Waals surface area contributed by atoms with E-state index in [2.05, 4.69) is 0 Å². The number of carbonyl (C=O) groups is 3. The van der Waals surface area contributed by atoms with Gasteiger partial charge in [0.25, 0.3) is 0 Å². The minimum Gasteiger partial charge on any atom is -0.496 e. The number of allylic oxidation sites excluding steroid dienone is 1. The summed E-state index contributed by atoms with van der Waals surface area (Å²) in [5.41, 5.74) is 3.53. The molecule has 1 heterocycles. The lowest BCUT2D eigenvalue weighted by Gasteiger charge is -2.18. The monoisotopic (exact) mass is 410 g/mol. The average molecular weight is 410 g/mol. The third kappa shape index (κ3) is 3.78. The van der Waals surface area contributed by atoms with Gasteiger partial charge in [0.05, 0.1) is 12.7 Å². The first-order chi connectivity index (χ1) is 14.3. The molecule has 3 rings (SSSR count). The predicted molar refractivity (Wildman–Crippen MR) is 109 cm³/mol. The van der Waals surface area contributed by atoms with Crippen molar-refractivity contribution in [3.63, 3.8) is 0 Å². The molecular weight excluding hydrogens is 388 g/mol. The summed E-state index contributed by atoms with van der Waals surface area (Å²) in [5, 5.41) is 9.50. The lowest BCUT2D eigenvalue weighted by atomic mass is 9.94. The molecule has 0 fully saturated rings. The SMILES string of the molecule is COc1c(C)c2c(c(OC(C)=O)c1C/C=C/c1cccc(C)c1C(=O)O)C(=O)OC2. The van der Waals surface area contributed by atoms with Crippen LogP contribution in [0.25, 0.3) is 6.08 Å². The van der Waals surface area contributed by atoms with Crippen LogP contribution in [0.1, 0.15) is 55.5 Å². The van der Waals surface area contributed by atoms with Crippen LogP contribution < -0.4 is 9.47 Å². The highest BCUT2D eigenvalue weighted by Gasteiger charge is 2.33. The van der Waals surface area contributed by atoms with Crippen LogP contribution in [0.15, 0.2) is 24.3 Å². The molecule has 0 unspecified atom stereocenters.